The van der Waals surface area contributed by atoms with Crippen LogP contribution in [-0.2, 0) is 0 Å². The van der Waals surface area contributed by atoms with Crippen molar-refractivity contribution in [3.63, 3.8) is 0 Å². The number of hydrogen-bond donors (Lipinski definition) is 1. The van der Waals surface area contributed by atoms with Gasteiger partial charge in [0.2, 0.25) is 0 Å². The van der Waals surface area contributed by atoms with Gasteiger partial charge in [0.15, 0.2) is 0 Å². The third-order valence-corrected chi connectivity index (χ3v) is 7.39. The molecule has 0 saturated carbocycles. The van der Waals surface area contributed by atoms with Crippen LogP contribution in [0.3, 0.4) is 0 Å². The number of hydrogen-bond acceptors (Lipinski definition) is 2. The van der Waals surface area contributed by atoms with Crippen molar-refractivity contribution < 1.29 is 5.11 Å². The summed E-state index contributed by atoms with van der Waals surface area (Å²) in [6.07, 6.45) is 11.7. The molecule has 0 radical (unpaired) electrons. The van der Waals surface area contributed by atoms with E-state index in [0.717, 1.165) is 87.2 Å². The lowest BCUT2D eigenvalue weighted by atomic mass is 9.69. The Labute approximate surface area is 225 Å². The quantitative estimate of drug-likeness (QED) is 0.378. The minimum atomic E-state index is 0.379. The Bertz CT molecular complexity index is 1540. The minimum Gasteiger partial charge on any atom is -0.507 e. The average molecular weight is 494 g/mol. The van der Waals surface area contributed by atoms with Crippen LogP contribution in [0.15, 0.2) is 154 Å². The van der Waals surface area contributed by atoms with Gasteiger partial charge in [-0.15, -0.1) is 0 Å². The summed E-state index contributed by atoms with van der Waals surface area (Å²) >= 11 is 0. The van der Waals surface area contributed by atoms with E-state index < -0.39 is 0 Å². The number of aliphatic imine (C=N–C) groups is 1. The van der Waals surface area contributed by atoms with Gasteiger partial charge in [-0.05, 0) is 65.7 Å². The number of benzene rings is 3. The third kappa shape index (κ3) is 4.43. The van der Waals surface area contributed by atoms with Crippen molar-refractivity contribution in [2.75, 3.05) is 6.54 Å². The number of aliphatic hydroxyl groups excluding tert-OH is 1. The summed E-state index contributed by atoms with van der Waals surface area (Å²) in [5.74, 6) is 0.379. The lowest BCUT2D eigenvalue weighted by molar-refractivity contribution is 0.410. The van der Waals surface area contributed by atoms with E-state index in [-0.39, 0.29) is 0 Å². The summed E-state index contributed by atoms with van der Waals surface area (Å²) in [6, 6.07) is 31.6. The van der Waals surface area contributed by atoms with E-state index in [1.807, 2.05) is 13.0 Å². The Morgan fingerprint density at radius 3 is 1.82 bits per heavy atom. The number of rotatable bonds is 5. The summed E-state index contributed by atoms with van der Waals surface area (Å²) in [4.78, 5) is 4.60. The second-order valence-corrected chi connectivity index (χ2v) is 9.90. The second kappa shape index (κ2) is 10.5. The SMILES string of the molecule is CC1=NCCC(C2=C(O)/C(=C(/C3=CCCC=C3)c3ccccc3)C2=C(c2ccccc2)c2ccccc2)=C1. The van der Waals surface area contributed by atoms with Gasteiger partial charge >= 0.3 is 0 Å². The number of aliphatic hydroxyl groups is 1. The molecule has 0 unspecified atom stereocenters. The Morgan fingerprint density at radius 1 is 0.711 bits per heavy atom. The fourth-order valence-corrected chi connectivity index (χ4v) is 5.67. The molecule has 3 aromatic carbocycles. The molecule has 2 nitrogen and oxygen atoms in total. The van der Waals surface area contributed by atoms with Crippen LogP contribution >= 0.6 is 0 Å². The van der Waals surface area contributed by atoms with Gasteiger partial charge in [-0.2, -0.15) is 0 Å². The van der Waals surface area contributed by atoms with Gasteiger partial charge in [0, 0.05) is 34.5 Å². The molecule has 0 atom stereocenters. The van der Waals surface area contributed by atoms with Gasteiger partial charge in [0.25, 0.3) is 0 Å². The van der Waals surface area contributed by atoms with Gasteiger partial charge in [-0.25, -0.2) is 0 Å². The molecule has 0 saturated heterocycles. The van der Waals surface area contributed by atoms with E-state index in [1.54, 1.807) is 0 Å². The van der Waals surface area contributed by atoms with E-state index in [9.17, 15) is 5.11 Å². The molecule has 0 bridgehead atoms. The lowest BCUT2D eigenvalue weighted by Gasteiger charge is -2.35. The largest absolute Gasteiger partial charge is 0.507 e. The van der Waals surface area contributed by atoms with Crippen LogP contribution in [0.5, 0.6) is 0 Å². The van der Waals surface area contributed by atoms with Gasteiger partial charge in [0.1, 0.15) is 5.76 Å². The van der Waals surface area contributed by atoms with Crippen LogP contribution < -0.4 is 0 Å². The standard InChI is InChI=1S/C36H31NO/c1-25-24-30(22-23-37-25)33-34(31(26-14-6-2-7-15-26)27-16-8-3-9-17-27)35(36(33)38)32(28-18-10-4-11-19-28)29-20-12-5-13-21-29/h2-4,6-12,14-21,24,38H,5,13,22-23H2,1H3/b35-32+. The van der Waals surface area contributed by atoms with Crippen LogP contribution in [0.4, 0.5) is 0 Å². The highest BCUT2D eigenvalue weighted by Crippen LogP contribution is 2.53. The zero-order valence-corrected chi connectivity index (χ0v) is 21.7. The van der Waals surface area contributed by atoms with Crippen LogP contribution in [0.25, 0.3) is 11.1 Å². The second-order valence-electron chi connectivity index (χ2n) is 9.90. The maximum Gasteiger partial charge on any atom is 0.132 e. The molecule has 0 aromatic heterocycles. The fourth-order valence-electron chi connectivity index (χ4n) is 5.67. The highest BCUT2D eigenvalue weighted by atomic mass is 16.3. The first-order valence-electron chi connectivity index (χ1n) is 13.4. The molecule has 6 rings (SSSR count). The topological polar surface area (TPSA) is 32.6 Å². The highest BCUT2D eigenvalue weighted by Gasteiger charge is 2.38. The molecule has 3 aromatic rings. The Hall–Kier alpha value is -4.43. The Balaban J connectivity index is 1.74. The van der Waals surface area contributed by atoms with Crippen molar-refractivity contribution in [1.29, 1.82) is 0 Å². The molecule has 186 valence electrons. The minimum absolute atomic E-state index is 0.379. The van der Waals surface area contributed by atoms with Crippen LogP contribution in [0.1, 0.15) is 42.9 Å². The fraction of sp³-hybridized carbons (Fsp3) is 0.139. The predicted octanol–water partition coefficient (Wildman–Crippen LogP) is 8.84. The van der Waals surface area contributed by atoms with Gasteiger partial charge in [-0.1, -0.05) is 109 Å². The average Bonchev–Trinajstić information content (AvgIpc) is 2.97. The summed E-state index contributed by atoms with van der Waals surface area (Å²) in [5, 5.41) is 11.9. The first kappa shape index (κ1) is 23.9. The summed E-state index contributed by atoms with van der Waals surface area (Å²) in [6.45, 7) is 2.78. The molecule has 38 heavy (non-hydrogen) atoms. The van der Waals surface area contributed by atoms with Crippen molar-refractivity contribution in [1.82, 2.24) is 0 Å². The molecule has 0 spiro atoms. The summed E-state index contributed by atoms with van der Waals surface area (Å²) in [7, 11) is 0. The normalized spacial score (nSPS) is 18.3. The van der Waals surface area contributed by atoms with E-state index in [0.29, 0.717) is 5.76 Å². The molecule has 0 amide bonds. The molecule has 2 aliphatic carbocycles. The number of allylic oxidation sites excluding steroid dienone is 8. The smallest absolute Gasteiger partial charge is 0.132 e. The van der Waals surface area contributed by atoms with Crippen molar-refractivity contribution in [2.24, 2.45) is 4.99 Å². The summed E-state index contributed by atoms with van der Waals surface area (Å²) in [5.41, 5.74) is 11.9. The van der Waals surface area contributed by atoms with Crippen molar-refractivity contribution in [3.05, 3.63) is 166 Å². The maximum absolute atomic E-state index is 11.9. The Morgan fingerprint density at radius 2 is 1.29 bits per heavy atom. The van der Waals surface area contributed by atoms with E-state index in [4.69, 9.17) is 0 Å². The number of nitrogens with zero attached hydrogens (tertiary/aromatic N) is 1. The first-order valence-corrected chi connectivity index (χ1v) is 13.4. The number of dihydropyridines is 1. The third-order valence-electron chi connectivity index (χ3n) is 7.39. The molecule has 1 N–H and O–H groups in total. The van der Waals surface area contributed by atoms with E-state index in [2.05, 4.69) is 114 Å². The van der Waals surface area contributed by atoms with Crippen molar-refractivity contribution >= 4 is 16.9 Å². The van der Waals surface area contributed by atoms with Gasteiger partial charge in [0.05, 0.1) is 0 Å². The molecule has 0 fully saturated rings. The van der Waals surface area contributed by atoms with Crippen LogP contribution in [0.2, 0.25) is 0 Å². The van der Waals surface area contributed by atoms with Crippen LogP contribution in [0, 0.1) is 0 Å². The van der Waals surface area contributed by atoms with Gasteiger partial charge in [-0.3, -0.25) is 4.99 Å². The van der Waals surface area contributed by atoms with Crippen LogP contribution in [-0.4, -0.2) is 17.4 Å². The van der Waals surface area contributed by atoms with Crippen molar-refractivity contribution in [3.8, 4) is 0 Å². The monoisotopic (exact) mass is 493 g/mol. The molecular formula is C36H31NO. The summed E-state index contributed by atoms with van der Waals surface area (Å²) < 4.78 is 0. The zero-order chi connectivity index (χ0) is 25.9. The first-order chi connectivity index (χ1) is 18.7. The van der Waals surface area contributed by atoms with E-state index in [1.165, 1.54) is 0 Å². The lowest BCUT2D eigenvalue weighted by Crippen LogP contribution is -2.21. The zero-order valence-electron chi connectivity index (χ0n) is 21.7. The molecular weight excluding hydrogens is 462 g/mol. The Kier molecular flexibility index (Phi) is 6.62. The molecule has 1 aliphatic heterocycles. The maximum atomic E-state index is 11.9. The molecule has 2 heteroatoms. The predicted molar refractivity (Wildman–Crippen MR) is 159 cm³/mol. The van der Waals surface area contributed by atoms with Crippen molar-refractivity contribution in [2.45, 2.75) is 26.2 Å². The van der Waals surface area contributed by atoms with Gasteiger partial charge < -0.3 is 5.11 Å². The van der Waals surface area contributed by atoms with E-state index >= 15 is 0 Å². The molecule has 3 aliphatic rings. The highest BCUT2D eigenvalue weighted by molar-refractivity contribution is 6.03. The molecule has 1 heterocycles.